The van der Waals surface area contributed by atoms with Crippen LogP contribution in [0.25, 0.3) is 5.52 Å². The molecule has 0 amide bonds. The van der Waals surface area contributed by atoms with E-state index >= 15 is 0 Å². The minimum Gasteiger partial charge on any atom is -0.423 e. The van der Waals surface area contributed by atoms with E-state index in [1.165, 1.54) is 0 Å². The van der Waals surface area contributed by atoms with E-state index in [1.807, 2.05) is 64.1 Å². The predicted molar refractivity (Wildman–Crippen MR) is 116 cm³/mol. The maximum atomic E-state index is 13.6. The SMILES string of the molecule is CCCCc1c(C(=O)c2ccccc2)c(OC(=O)C(C)(C)C)c2cccc(C)n12. The summed E-state index contributed by atoms with van der Waals surface area (Å²) in [4.78, 5) is 26.3. The maximum absolute atomic E-state index is 13.6. The molecule has 4 nitrogen and oxygen atoms in total. The Morgan fingerprint density at radius 1 is 1.00 bits per heavy atom. The van der Waals surface area contributed by atoms with Gasteiger partial charge in [0.25, 0.3) is 0 Å². The molecular formula is C25H29NO3. The van der Waals surface area contributed by atoms with Crippen molar-refractivity contribution in [2.24, 2.45) is 5.41 Å². The summed E-state index contributed by atoms with van der Waals surface area (Å²) >= 11 is 0. The lowest BCUT2D eigenvalue weighted by atomic mass is 9.97. The van der Waals surface area contributed by atoms with E-state index in [1.54, 1.807) is 12.1 Å². The molecule has 0 aliphatic rings. The second kappa shape index (κ2) is 8.24. The molecule has 0 aliphatic heterocycles. The summed E-state index contributed by atoms with van der Waals surface area (Å²) in [5.41, 5.74) is 3.09. The standard InChI is InChI=1S/C25H29NO3/c1-6-7-15-19-21(22(27)18-13-9-8-10-14-18)23(29-24(28)25(3,4)5)20-16-11-12-17(2)26(19)20/h8-14,16H,6-7,15H2,1-5H3. The number of rotatable bonds is 6. The summed E-state index contributed by atoms with van der Waals surface area (Å²) in [5.74, 6) is -0.0965. The average molecular weight is 392 g/mol. The largest absolute Gasteiger partial charge is 0.423 e. The first kappa shape index (κ1) is 20.8. The Bertz CT molecular complexity index is 1040. The molecule has 0 saturated heterocycles. The van der Waals surface area contributed by atoms with Crippen LogP contribution in [-0.2, 0) is 11.2 Å². The lowest BCUT2D eigenvalue weighted by Crippen LogP contribution is -2.26. The van der Waals surface area contributed by atoms with Gasteiger partial charge in [0.1, 0.15) is 0 Å². The van der Waals surface area contributed by atoms with E-state index in [4.69, 9.17) is 4.74 Å². The van der Waals surface area contributed by atoms with Gasteiger partial charge in [0, 0.05) is 17.0 Å². The quantitative estimate of drug-likeness (QED) is 0.396. The van der Waals surface area contributed by atoms with Crippen LogP contribution in [0.3, 0.4) is 0 Å². The summed E-state index contributed by atoms with van der Waals surface area (Å²) in [6, 6.07) is 15.0. The number of unbranched alkanes of at least 4 members (excludes halogenated alkanes) is 1. The van der Waals surface area contributed by atoms with Gasteiger partial charge in [-0.1, -0.05) is 49.7 Å². The van der Waals surface area contributed by atoms with E-state index in [2.05, 4.69) is 11.3 Å². The topological polar surface area (TPSA) is 47.8 Å². The van der Waals surface area contributed by atoms with Crippen molar-refractivity contribution < 1.29 is 14.3 Å². The maximum Gasteiger partial charge on any atom is 0.316 e. The van der Waals surface area contributed by atoms with Gasteiger partial charge in [0.05, 0.1) is 16.5 Å². The van der Waals surface area contributed by atoms with Crippen molar-refractivity contribution >= 4 is 17.3 Å². The Balaban J connectivity index is 2.29. The fourth-order valence-electron chi connectivity index (χ4n) is 3.42. The number of pyridine rings is 1. The molecule has 0 atom stereocenters. The van der Waals surface area contributed by atoms with Crippen LogP contribution in [0.15, 0.2) is 48.5 Å². The normalized spacial score (nSPS) is 11.6. The van der Waals surface area contributed by atoms with Crippen LogP contribution in [-0.4, -0.2) is 16.2 Å². The third-order valence-corrected chi connectivity index (χ3v) is 5.04. The van der Waals surface area contributed by atoms with E-state index in [9.17, 15) is 9.59 Å². The van der Waals surface area contributed by atoms with Gasteiger partial charge in [-0.2, -0.15) is 0 Å². The van der Waals surface area contributed by atoms with E-state index in [0.717, 1.165) is 36.2 Å². The minimum atomic E-state index is -0.672. The fourth-order valence-corrected chi connectivity index (χ4v) is 3.42. The monoisotopic (exact) mass is 391 g/mol. The van der Waals surface area contributed by atoms with Crippen LogP contribution in [0.1, 0.15) is 67.8 Å². The van der Waals surface area contributed by atoms with Crippen molar-refractivity contribution in [1.82, 2.24) is 4.40 Å². The van der Waals surface area contributed by atoms with E-state index in [0.29, 0.717) is 16.9 Å². The molecule has 1 aromatic carbocycles. The van der Waals surface area contributed by atoms with Gasteiger partial charge in [-0.25, -0.2) is 0 Å². The van der Waals surface area contributed by atoms with Crippen LogP contribution in [0, 0.1) is 12.3 Å². The molecule has 0 saturated carbocycles. The number of hydrogen-bond donors (Lipinski definition) is 0. The number of fused-ring (bicyclic) bond motifs is 1. The van der Waals surface area contributed by atoms with Gasteiger partial charge in [-0.3, -0.25) is 9.59 Å². The van der Waals surface area contributed by atoms with Crippen molar-refractivity contribution in [1.29, 1.82) is 0 Å². The summed E-state index contributed by atoms with van der Waals surface area (Å²) < 4.78 is 7.97. The number of aryl methyl sites for hydroxylation is 2. The summed E-state index contributed by atoms with van der Waals surface area (Å²) in [6.07, 6.45) is 2.70. The summed E-state index contributed by atoms with van der Waals surface area (Å²) in [6.45, 7) is 9.58. The zero-order valence-electron chi connectivity index (χ0n) is 17.9. The molecule has 29 heavy (non-hydrogen) atoms. The lowest BCUT2D eigenvalue weighted by molar-refractivity contribution is -0.142. The van der Waals surface area contributed by atoms with Gasteiger partial charge in [-0.15, -0.1) is 0 Å². The number of nitrogens with zero attached hydrogens (tertiary/aromatic N) is 1. The van der Waals surface area contributed by atoms with Crippen molar-refractivity contribution in [3.8, 4) is 5.75 Å². The number of carbonyl (C=O) groups is 2. The Labute approximate surface area is 172 Å². The Kier molecular flexibility index (Phi) is 5.92. The predicted octanol–water partition coefficient (Wildman–Crippen LogP) is 5.77. The van der Waals surface area contributed by atoms with Gasteiger partial charge >= 0.3 is 5.97 Å². The Morgan fingerprint density at radius 2 is 1.69 bits per heavy atom. The molecule has 4 heteroatoms. The van der Waals surface area contributed by atoms with Crippen LogP contribution >= 0.6 is 0 Å². The van der Waals surface area contributed by atoms with Gasteiger partial charge < -0.3 is 9.14 Å². The van der Waals surface area contributed by atoms with Gasteiger partial charge in [-0.05, 0) is 52.7 Å². The lowest BCUT2D eigenvalue weighted by Gasteiger charge is -2.17. The third-order valence-electron chi connectivity index (χ3n) is 5.04. The Morgan fingerprint density at radius 3 is 2.31 bits per heavy atom. The molecular weight excluding hydrogens is 362 g/mol. The molecule has 3 rings (SSSR count). The fraction of sp³-hybridized carbons (Fsp3) is 0.360. The molecule has 3 aromatic rings. The summed E-state index contributed by atoms with van der Waals surface area (Å²) in [7, 11) is 0. The number of hydrogen-bond acceptors (Lipinski definition) is 3. The first-order chi connectivity index (χ1) is 13.8. The molecule has 0 unspecified atom stereocenters. The highest BCUT2D eigenvalue weighted by Crippen LogP contribution is 2.36. The second-order valence-corrected chi connectivity index (χ2v) is 8.48. The van der Waals surface area contributed by atoms with Crippen molar-refractivity contribution in [3.05, 3.63) is 71.0 Å². The smallest absolute Gasteiger partial charge is 0.316 e. The van der Waals surface area contributed by atoms with Crippen LogP contribution in [0.4, 0.5) is 0 Å². The number of ether oxygens (including phenoxy) is 1. The minimum absolute atomic E-state index is 0.114. The number of carbonyl (C=O) groups excluding carboxylic acids is 2. The molecule has 2 heterocycles. The Hall–Kier alpha value is -2.88. The van der Waals surface area contributed by atoms with Crippen LogP contribution in [0.5, 0.6) is 5.75 Å². The van der Waals surface area contributed by atoms with Gasteiger partial charge in [0.2, 0.25) is 0 Å². The zero-order chi connectivity index (χ0) is 21.2. The molecule has 2 aromatic heterocycles. The van der Waals surface area contributed by atoms with E-state index in [-0.39, 0.29) is 11.8 Å². The molecule has 0 radical (unpaired) electrons. The highest BCUT2D eigenvalue weighted by Gasteiger charge is 2.31. The molecule has 152 valence electrons. The molecule has 0 fully saturated rings. The van der Waals surface area contributed by atoms with Crippen LogP contribution < -0.4 is 4.74 Å². The number of benzene rings is 1. The van der Waals surface area contributed by atoms with Crippen molar-refractivity contribution in [2.75, 3.05) is 0 Å². The highest BCUT2D eigenvalue weighted by molar-refractivity contribution is 6.13. The zero-order valence-corrected chi connectivity index (χ0v) is 17.9. The number of aromatic nitrogens is 1. The molecule has 0 N–H and O–H groups in total. The second-order valence-electron chi connectivity index (χ2n) is 8.48. The molecule has 0 bridgehead atoms. The first-order valence-corrected chi connectivity index (χ1v) is 10.2. The van der Waals surface area contributed by atoms with Crippen LogP contribution in [0.2, 0.25) is 0 Å². The highest BCUT2D eigenvalue weighted by atomic mass is 16.5. The average Bonchev–Trinajstić information content (AvgIpc) is 3.00. The molecule has 0 spiro atoms. The third kappa shape index (κ3) is 4.12. The number of esters is 1. The van der Waals surface area contributed by atoms with Crippen molar-refractivity contribution in [3.63, 3.8) is 0 Å². The molecule has 0 aliphatic carbocycles. The van der Waals surface area contributed by atoms with Crippen molar-refractivity contribution in [2.45, 2.75) is 53.9 Å². The van der Waals surface area contributed by atoms with Gasteiger partial charge in [0.15, 0.2) is 11.5 Å². The first-order valence-electron chi connectivity index (χ1n) is 10.2. The van der Waals surface area contributed by atoms with E-state index < -0.39 is 5.41 Å². The number of ketones is 1. The summed E-state index contributed by atoms with van der Waals surface area (Å²) in [5, 5.41) is 0.